The van der Waals surface area contributed by atoms with Crippen molar-refractivity contribution in [1.82, 2.24) is 0 Å². The number of hydrogen-bond acceptors (Lipinski definition) is 0. The summed E-state index contributed by atoms with van der Waals surface area (Å²) in [7, 11) is 0. The lowest BCUT2D eigenvalue weighted by atomic mass is 9.82. The van der Waals surface area contributed by atoms with E-state index in [0.717, 1.165) is 23.7 Å². The second-order valence-electron chi connectivity index (χ2n) is 5.35. The molecule has 14 heavy (non-hydrogen) atoms. The second-order valence-corrected chi connectivity index (χ2v) is 5.35. The summed E-state index contributed by atoms with van der Waals surface area (Å²) in [6.07, 6.45) is 5.54. The molecule has 0 fully saturated rings. The normalized spacial score (nSPS) is 16.3. The molecule has 0 aliphatic carbocycles. The molecule has 0 heterocycles. The molecular weight excluding hydrogens is 168 g/mol. The van der Waals surface area contributed by atoms with Crippen molar-refractivity contribution >= 4 is 0 Å². The van der Waals surface area contributed by atoms with Crippen LogP contribution in [0.15, 0.2) is 0 Å². The lowest BCUT2D eigenvalue weighted by Crippen LogP contribution is -2.13. The molecule has 86 valence electrons. The highest BCUT2D eigenvalue weighted by atomic mass is 14.2. The molecule has 2 atom stereocenters. The van der Waals surface area contributed by atoms with Gasteiger partial charge in [-0.05, 0) is 23.7 Å². The largest absolute Gasteiger partial charge is 0.0651 e. The van der Waals surface area contributed by atoms with Crippen molar-refractivity contribution < 1.29 is 0 Å². The van der Waals surface area contributed by atoms with Gasteiger partial charge in [-0.15, -0.1) is 0 Å². The van der Waals surface area contributed by atoms with Crippen LogP contribution >= 0.6 is 0 Å². The maximum atomic E-state index is 2.44. The van der Waals surface area contributed by atoms with Gasteiger partial charge >= 0.3 is 0 Å². The molecule has 0 radical (unpaired) electrons. The molecule has 0 rings (SSSR count). The molecule has 2 unspecified atom stereocenters. The summed E-state index contributed by atoms with van der Waals surface area (Å²) in [5.74, 6) is 3.62. The SMILES string of the molecule is CCC(CC)C(C)CCC(C)C(C)C. The Kier molecular flexibility index (Phi) is 7.31. The Morgan fingerprint density at radius 2 is 1.14 bits per heavy atom. The van der Waals surface area contributed by atoms with Gasteiger partial charge in [0.2, 0.25) is 0 Å². The quantitative estimate of drug-likeness (QED) is 0.532. The van der Waals surface area contributed by atoms with Gasteiger partial charge < -0.3 is 0 Å². The zero-order chi connectivity index (χ0) is 11.1. The minimum absolute atomic E-state index is 0.851. The van der Waals surface area contributed by atoms with Crippen LogP contribution < -0.4 is 0 Å². The van der Waals surface area contributed by atoms with E-state index in [1.165, 1.54) is 25.7 Å². The van der Waals surface area contributed by atoms with E-state index in [2.05, 4.69) is 41.5 Å². The van der Waals surface area contributed by atoms with Crippen LogP contribution in [0.4, 0.5) is 0 Å². The molecule has 0 N–H and O–H groups in total. The van der Waals surface area contributed by atoms with Crippen LogP contribution in [-0.4, -0.2) is 0 Å². The van der Waals surface area contributed by atoms with Gasteiger partial charge in [0.05, 0.1) is 0 Å². The Morgan fingerprint density at radius 1 is 0.714 bits per heavy atom. The Morgan fingerprint density at radius 3 is 1.50 bits per heavy atom. The Bertz CT molecular complexity index is 122. The lowest BCUT2D eigenvalue weighted by molar-refractivity contribution is 0.276. The fraction of sp³-hybridized carbons (Fsp3) is 1.00. The fourth-order valence-electron chi connectivity index (χ4n) is 2.19. The van der Waals surface area contributed by atoms with Crippen LogP contribution in [0.2, 0.25) is 0 Å². The highest BCUT2D eigenvalue weighted by molar-refractivity contribution is 4.66. The van der Waals surface area contributed by atoms with E-state index >= 15 is 0 Å². The molecule has 0 nitrogen and oxygen atoms in total. The van der Waals surface area contributed by atoms with Crippen molar-refractivity contribution in [2.75, 3.05) is 0 Å². The molecule has 0 saturated heterocycles. The van der Waals surface area contributed by atoms with Gasteiger partial charge in [0.1, 0.15) is 0 Å². The van der Waals surface area contributed by atoms with Gasteiger partial charge in [-0.3, -0.25) is 0 Å². The predicted molar refractivity (Wildman–Crippen MR) is 66.5 cm³/mol. The van der Waals surface area contributed by atoms with Crippen molar-refractivity contribution in [3.05, 3.63) is 0 Å². The van der Waals surface area contributed by atoms with Crippen LogP contribution in [0.1, 0.15) is 67.2 Å². The summed E-state index contributed by atoms with van der Waals surface area (Å²) < 4.78 is 0. The average Bonchev–Trinajstić information content (AvgIpc) is 2.15. The van der Waals surface area contributed by atoms with Gasteiger partial charge in [0.25, 0.3) is 0 Å². The Labute approximate surface area is 91.5 Å². The van der Waals surface area contributed by atoms with E-state index in [-0.39, 0.29) is 0 Å². The first kappa shape index (κ1) is 14.0. The van der Waals surface area contributed by atoms with E-state index in [9.17, 15) is 0 Å². The Hall–Kier alpha value is 0. The standard InChI is InChI=1S/C14H30/c1-7-14(8-2)13(6)10-9-12(5)11(3)4/h11-14H,7-10H2,1-6H3. The first-order valence-electron chi connectivity index (χ1n) is 6.52. The van der Waals surface area contributed by atoms with Crippen LogP contribution in [0.25, 0.3) is 0 Å². The Balaban J connectivity index is 3.77. The van der Waals surface area contributed by atoms with E-state index in [1.807, 2.05) is 0 Å². The van der Waals surface area contributed by atoms with Crippen molar-refractivity contribution in [3.63, 3.8) is 0 Å². The van der Waals surface area contributed by atoms with E-state index in [1.54, 1.807) is 0 Å². The lowest BCUT2D eigenvalue weighted by Gasteiger charge is -2.23. The van der Waals surface area contributed by atoms with Gasteiger partial charge in [-0.25, -0.2) is 0 Å². The molecule has 0 aliphatic rings. The molecule has 0 saturated carbocycles. The summed E-state index contributed by atoms with van der Waals surface area (Å²) in [5, 5.41) is 0. The topological polar surface area (TPSA) is 0 Å². The summed E-state index contributed by atoms with van der Waals surface area (Å²) in [4.78, 5) is 0. The smallest absolute Gasteiger partial charge is 0.0394 e. The van der Waals surface area contributed by atoms with E-state index in [0.29, 0.717) is 0 Å². The number of hydrogen-bond donors (Lipinski definition) is 0. The van der Waals surface area contributed by atoms with Crippen molar-refractivity contribution in [2.24, 2.45) is 23.7 Å². The fourth-order valence-corrected chi connectivity index (χ4v) is 2.19. The minimum Gasteiger partial charge on any atom is -0.0651 e. The summed E-state index contributed by atoms with van der Waals surface area (Å²) in [6, 6.07) is 0. The molecule has 0 bridgehead atoms. The summed E-state index contributed by atoms with van der Waals surface area (Å²) >= 11 is 0. The van der Waals surface area contributed by atoms with Crippen LogP contribution in [0, 0.1) is 23.7 Å². The third-order valence-electron chi connectivity index (χ3n) is 4.07. The third kappa shape index (κ3) is 5.02. The number of rotatable bonds is 7. The molecule has 0 aromatic rings. The van der Waals surface area contributed by atoms with Gasteiger partial charge in [-0.1, -0.05) is 67.2 Å². The zero-order valence-corrected chi connectivity index (χ0v) is 11.1. The summed E-state index contributed by atoms with van der Waals surface area (Å²) in [5.41, 5.74) is 0. The average molecular weight is 198 g/mol. The maximum Gasteiger partial charge on any atom is -0.0394 e. The first-order chi connectivity index (χ1) is 6.52. The van der Waals surface area contributed by atoms with Crippen molar-refractivity contribution in [3.8, 4) is 0 Å². The van der Waals surface area contributed by atoms with E-state index < -0.39 is 0 Å². The zero-order valence-electron chi connectivity index (χ0n) is 11.1. The maximum absolute atomic E-state index is 2.44. The van der Waals surface area contributed by atoms with Crippen LogP contribution in [0.3, 0.4) is 0 Å². The third-order valence-corrected chi connectivity index (χ3v) is 4.07. The van der Waals surface area contributed by atoms with Gasteiger partial charge in [0, 0.05) is 0 Å². The molecule has 0 heteroatoms. The summed E-state index contributed by atoms with van der Waals surface area (Å²) in [6.45, 7) is 14.2. The molecule has 0 aliphatic heterocycles. The van der Waals surface area contributed by atoms with Crippen LogP contribution in [-0.2, 0) is 0 Å². The van der Waals surface area contributed by atoms with Gasteiger partial charge in [0.15, 0.2) is 0 Å². The monoisotopic (exact) mass is 198 g/mol. The molecule has 0 amide bonds. The van der Waals surface area contributed by atoms with Gasteiger partial charge in [-0.2, -0.15) is 0 Å². The molecular formula is C14H30. The molecule has 0 spiro atoms. The molecule has 0 aromatic heterocycles. The van der Waals surface area contributed by atoms with Crippen molar-refractivity contribution in [2.45, 2.75) is 67.2 Å². The van der Waals surface area contributed by atoms with Crippen molar-refractivity contribution in [1.29, 1.82) is 0 Å². The first-order valence-corrected chi connectivity index (χ1v) is 6.52. The van der Waals surface area contributed by atoms with Crippen LogP contribution in [0.5, 0.6) is 0 Å². The molecule has 0 aromatic carbocycles. The predicted octanol–water partition coefficient (Wildman–Crippen LogP) is 5.13. The van der Waals surface area contributed by atoms with E-state index in [4.69, 9.17) is 0 Å². The second kappa shape index (κ2) is 7.31. The highest BCUT2D eigenvalue weighted by Gasteiger charge is 2.15. The highest BCUT2D eigenvalue weighted by Crippen LogP contribution is 2.26. The minimum atomic E-state index is 0.851.